The van der Waals surface area contributed by atoms with Crippen molar-refractivity contribution < 1.29 is 13.9 Å². The summed E-state index contributed by atoms with van der Waals surface area (Å²) in [6, 6.07) is 12.2. The van der Waals surface area contributed by atoms with E-state index in [0.717, 1.165) is 11.3 Å². The first-order valence-electron chi connectivity index (χ1n) is 6.97. The molecule has 1 N–H and O–H groups in total. The number of rotatable bonds is 6. The molecule has 0 aliphatic rings. The molecule has 2 rings (SSSR count). The van der Waals surface area contributed by atoms with E-state index in [2.05, 4.69) is 5.32 Å². The van der Waals surface area contributed by atoms with E-state index in [0.29, 0.717) is 18.1 Å². The van der Waals surface area contributed by atoms with Crippen molar-refractivity contribution in [2.75, 3.05) is 19.0 Å². The Morgan fingerprint density at radius 3 is 2.62 bits per heavy atom. The van der Waals surface area contributed by atoms with E-state index in [1.54, 1.807) is 13.2 Å². The van der Waals surface area contributed by atoms with Gasteiger partial charge in [-0.15, -0.1) is 0 Å². The van der Waals surface area contributed by atoms with Crippen molar-refractivity contribution >= 4 is 5.69 Å². The van der Waals surface area contributed by atoms with Crippen LogP contribution in [0, 0.1) is 5.82 Å². The molecule has 112 valence electrons. The van der Waals surface area contributed by atoms with Crippen LogP contribution < -0.4 is 14.8 Å². The maximum absolute atomic E-state index is 13.3. The molecule has 0 amide bonds. The Morgan fingerprint density at radius 1 is 1.14 bits per heavy atom. The zero-order valence-electron chi connectivity index (χ0n) is 12.5. The fourth-order valence-corrected chi connectivity index (χ4v) is 2.14. The third-order valence-corrected chi connectivity index (χ3v) is 3.20. The average Bonchev–Trinajstić information content (AvgIpc) is 2.48. The second-order valence-corrected chi connectivity index (χ2v) is 4.72. The smallest absolute Gasteiger partial charge is 0.163 e. The number of anilines is 1. The van der Waals surface area contributed by atoms with Gasteiger partial charge in [0.25, 0.3) is 0 Å². The minimum atomic E-state index is -0.231. The summed E-state index contributed by atoms with van der Waals surface area (Å²) >= 11 is 0. The highest BCUT2D eigenvalue weighted by Crippen LogP contribution is 2.31. The lowest BCUT2D eigenvalue weighted by atomic mass is 10.1. The molecular weight excluding hydrogens is 269 g/mol. The van der Waals surface area contributed by atoms with Gasteiger partial charge in [0.05, 0.1) is 13.7 Å². The molecule has 1 unspecified atom stereocenters. The van der Waals surface area contributed by atoms with E-state index < -0.39 is 0 Å². The molecule has 0 bridgehead atoms. The Hall–Kier alpha value is -2.23. The standard InChI is InChI=1S/C17H20FNO2/c1-4-21-17-11-15(8-9-16(17)20-3)19-12(2)13-6-5-7-14(18)10-13/h5-12,19H,4H2,1-3H3. The largest absolute Gasteiger partial charge is 0.493 e. The quantitative estimate of drug-likeness (QED) is 0.854. The molecule has 0 aromatic heterocycles. The average molecular weight is 289 g/mol. The van der Waals surface area contributed by atoms with Crippen LogP contribution in [-0.2, 0) is 0 Å². The van der Waals surface area contributed by atoms with Gasteiger partial charge in [-0.3, -0.25) is 0 Å². The Morgan fingerprint density at radius 2 is 1.95 bits per heavy atom. The van der Waals surface area contributed by atoms with E-state index in [1.807, 2.05) is 38.1 Å². The number of nitrogens with one attached hydrogen (secondary N) is 1. The molecule has 0 saturated heterocycles. The first-order valence-corrected chi connectivity index (χ1v) is 6.97. The van der Waals surface area contributed by atoms with Gasteiger partial charge in [0.2, 0.25) is 0 Å². The van der Waals surface area contributed by atoms with Crippen molar-refractivity contribution in [3.63, 3.8) is 0 Å². The van der Waals surface area contributed by atoms with E-state index in [-0.39, 0.29) is 11.9 Å². The van der Waals surface area contributed by atoms with E-state index in [4.69, 9.17) is 9.47 Å². The maximum atomic E-state index is 13.3. The number of hydrogen-bond donors (Lipinski definition) is 1. The minimum Gasteiger partial charge on any atom is -0.493 e. The number of hydrogen-bond acceptors (Lipinski definition) is 3. The molecule has 1 atom stereocenters. The van der Waals surface area contributed by atoms with Crippen LogP contribution in [0.4, 0.5) is 10.1 Å². The summed E-state index contributed by atoms with van der Waals surface area (Å²) in [5.74, 6) is 1.16. The van der Waals surface area contributed by atoms with Crippen molar-refractivity contribution in [2.45, 2.75) is 19.9 Å². The monoisotopic (exact) mass is 289 g/mol. The van der Waals surface area contributed by atoms with Gasteiger partial charge < -0.3 is 14.8 Å². The molecule has 2 aromatic rings. The van der Waals surface area contributed by atoms with Gasteiger partial charge in [-0.05, 0) is 43.7 Å². The summed E-state index contributed by atoms with van der Waals surface area (Å²) in [5.41, 5.74) is 1.79. The molecule has 4 heteroatoms. The summed E-state index contributed by atoms with van der Waals surface area (Å²) in [6.07, 6.45) is 0. The lowest BCUT2D eigenvalue weighted by Crippen LogP contribution is -2.07. The number of methoxy groups -OCH3 is 1. The fraction of sp³-hybridized carbons (Fsp3) is 0.294. The summed E-state index contributed by atoms with van der Waals surface area (Å²) in [7, 11) is 1.61. The second kappa shape index (κ2) is 6.97. The Balaban J connectivity index is 2.17. The molecule has 0 aliphatic heterocycles. The van der Waals surface area contributed by atoms with Crippen LogP contribution >= 0.6 is 0 Å². The first-order chi connectivity index (χ1) is 10.1. The number of ether oxygens (including phenoxy) is 2. The van der Waals surface area contributed by atoms with Gasteiger partial charge >= 0.3 is 0 Å². The van der Waals surface area contributed by atoms with Crippen LogP contribution in [0.2, 0.25) is 0 Å². The number of benzene rings is 2. The lowest BCUT2D eigenvalue weighted by molar-refractivity contribution is 0.311. The molecule has 0 aliphatic carbocycles. The zero-order chi connectivity index (χ0) is 15.2. The third kappa shape index (κ3) is 3.88. The molecule has 0 fully saturated rings. The summed E-state index contributed by atoms with van der Waals surface area (Å²) < 4.78 is 24.1. The SMILES string of the molecule is CCOc1cc(NC(C)c2cccc(F)c2)ccc1OC. The third-order valence-electron chi connectivity index (χ3n) is 3.20. The van der Waals surface area contributed by atoms with Gasteiger partial charge in [-0.1, -0.05) is 12.1 Å². The van der Waals surface area contributed by atoms with Crippen molar-refractivity contribution in [1.82, 2.24) is 0 Å². The molecule has 0 saturated carbocycles. The molecule has 0 spiro atoms. The van der Waals surface area contributed by atoms with Crippen LogP contribution in [0.15, 0.2) is 42.5 Å². The predicted molar refractivity (Wildman–Crippen MR) is 82.6 cm³/mol. The van der Waals surface area contributed by atoms with Crippen LogP contribution in [0.1, 0.15) is 25.5 Å². The van der Waals surface area contributed by atoms with E-state index in [9.17, 15) is 4.39 Å². The van der Waals surface area contributed by atoms with Gasteiger partial charge in [0.1, 0.15) is 5.82 Å². The van der Waals surface area contributed by atoms with Gasteiger partial charge in [-0.2, -0.15) is 0 Å². The molecule has 0 radical (unpaired) electrons. The second-order valence-electron chi connectivity index (χ2n) is 4.72. The Labute approximate surface area is 124 Å². The predicted octanol–water partition coefficient (Wildman–Crippen LogP) is 4.41. The Bertz CT molecular complexity index is 601. The van der Waals surface area contributed by atoms with Crippen LogP contribution in [0.5, 0.6) is 11.5 Å². The van der Waals surface area contributed by atoms with E-state index >= 15 is 0 Å². The van der Waals surface area contributed by atoms with Gasteiger partial charge in [0.15, 0.2) is 11.5 Å². The van der Waals surface area contributed by atoms with Crippen molar-refractivity contribution in [2.24, 2.45) is 0 Å². The normalized spacial score (nSPS) is 11.8. The molecule has 3 nitrogen and oxygen atoms in total. The van der Waals surface area contributed by atoms with Crippen molar-refractivity contribution in [3.8, 4) is 11.5 Å². The highest BCUT2D eigenvalue weighted by Gasteiger charge is 2.09. The molecule has 2 aromatic carbocycles. The molecule has 21 heavy (non-hydrogen) atoms. The molecule has 0 heterocycles. The van der Waals surface area contributed by atoms with Crippen molar-refractivity contribution in [1.29, 1.82) is 0 Å². The minimum absolute atomic E-state index is 0.0106. The van der Waals surface area contributed by atoms with Gasteiger partial charge in [0, 0.05) is 17.8 Å². The summed E-state index contributed by atoms with van der Waals surface area (Å²) in [6.45, 7) is 4.48. The van der Waals surface area contributed by atoms with Crippen molar-refractivity contribution in [3.05, 3.63) is 53.8 Å². The van der Waals surface area contributed by atoms with E-state index in [1.165, 1.54) is 12.1 Å². The zero-order valence-corrected chi connectivity index (χ0v) is 12.5. The maximum Gasteiger partial charge on any atom is 0.163 e. The van der Waals surface area contributed by atoms with Gasteiger partial charge in [-0.25, -0.2) is 4.39 Å². The van der Waals surface area contributed by atoms with Crippen LogP contribution in [0.25, 0.3) is 0 Å². The highest BCUT2D eigenvalue weighted by molar-refractivity contribution is 5.55. The fourth-order valence-electron chi connectivity index (χ4n) is 2.14. The Kier molecular flexibility index (Phi) is 5.04. The van der Waals surface area contributed by atoms with Crippen LogP contribution in [-0.4, -0.2) is 13.7 Å². The van der Waals surface area contributed by atoms with Crippen LogP contribution in [0.3, 0.4) is 0 Å². The topological polar surface area (TPSA) is 30.5 Å². The molecular formula is C17H20FNO2. The lowest BCUT2D eigenvalue weighted by Gasteiger charge is -2.17. The first kappa shape index (κ1) is 15.2. The highest BCUT2D eigenvalue weighted by atomic mass is 19.1. The number of halogens is 1. The summed E-state index contributed by atoms with van der Waals surface area (Å²) in [4.78, 5) is 0. The summed E-state index contributed by atoms with van der Waals surface area (Å²) in [5, 5.41) is 3.33.